The third kappa shape index (κ3) is 5.09. The van der Waals surface area contributed by atoms with Crippen LogP contribution in [-0.2, 0) is 10.0 Å². The fraction of sp³-hybridized carbons (Fsp3) is 0.600. The molecular weight excluding hydrogens is 416 g/mol. The van der Waals surface area contributed by atoms with Gasteiger partial charge in [0.15, 0.2) is 0 Å². The minimum atomic E-state index is -3.35. The fourth-order valence-electron chi connectivity index (χ4n) is 2.31. The van der Waals surface area contributed by atoms with Gasteiger partial charge >= 0.3 is 140 Å². The predicted octanol–water partition coefficient (Wildman–Crippen LogP) is 2.77. The molecule has 0 aliphatic carbocycles. The summed E-state index contributed by atoms with van der Waals surface area (Å²) in [5, 5.41) is 1.06. The molecule has 118 valence electrons. The maximum atomic E-state index is 12.5. The molecule has 21 heavy (non-hydrogen) atoms. The van der Waals surface area contributed by atoms with E-state index in [4.69, 9.17) is 0 Å². The SMILES string of the molecule is CCCCC[C@H]1[Se][Se]C[C@@H]1NS(=O)(=O)c1ccc(C)cc1. The van der Waals surface area contributed by atoms with Gasteiger partial charge in [0.25, 0.3) is 0 Å². The van der Waals surface area contributed by atoms with E-state index < -0.39 is 10.0 Å². The van der Waals surface area contributed by atoms with Crippen LogP contribution < -0.4 is 4.72 Å². The number of sulfonamides is 1. The van der Waals surface area contributed by atoms with E-state index in [1.165, 1.54) is 25.7 Å². The van der Waals surface area contributed by atoms with Crippen molar-refractivity contribution in [3.63, 3.8) is 0 Å². The number of nitrogens with one attached hydrogen (secondary N) is 1. The molecule has 1 aromatic rings. The van der Waals surface area contributed by atoms with Crippen molar-refractivity contribution in [2.24, 2.45) is 0 Å². The molecular formula is C15H23NO2SSe2. The van der Waals surface area contributed by atoms with Gasteiger partial charge in [-0.2, -0.15) is 0 Å². The number of benzene rings is 1. The number of rotatable bonds is 7. The zero-order chi connectivity index (χ0) is 15.3. The van der Waals surface area contributed by atoms with Gasteiger partial charge in [-0.05, 0) is 0 Å². The second kappa shape index (κ2) is 8.14. The van der Waals surface area contributed by atoms with Gasteiger partial charge in [0.1, 0.15) is 0 Å². The van der Waals surface area contributed by atoms with Gasteiger partial charge in [0.2, 0.25) is 0 Å². The Labute approximate surface area is 139 Å². The zero-order valence-corrected chi connectivity index (χ0v) is 16.8. The molecule has 2 atom stereocenters. The van der Waals surface area contributed by atoms with E-state index in [0.29, 0.717) is 36.0 Å². The van der Waals surface area contributed by atoms with Gasteiger partial charge in [-0.3, -0.25) is 0 Å². The van der Waals surface area contributed by atoms with Crippen LogP contribution >= 0.6 is 0 Å². The van der Waals surface area contributed by atoms with Gasteiger partial charge in [-0.1, -0.05) is 0 Å². The molecule has 0 spiro atoms. The molecule has 2 rings (SSSR count). The van der Waals surface area contributed by atoms with E-state index in [-0.39, 0.29) is 6.04 Å². The van der Waals surface area contributed by atoms with Crippen LogP contribution in [-0.4, -0.2) is 40.7 Å². The first-order valence-corrected chi connectivity index (χ1v) is 15.4. The van der Waals surface area contributed by atoms with Crippen molar-refractivity contribution in [1.29, 1.82) is 0 Å². The molecule has 1 heterocycles. The second-order valence-electron chi connectivity index (χ2n) is 5.46. The van der Waals surface area contributed by atoms with E-state index in [1.54, 1.807) is 12.1 Å². The van der Waals surface area contributed by atoms with E-state index in [2.05, 4.69) is 11.6 Å². The molecule has 0 saturated carbocycles. The normalized spacial score (nSPS) is 22.6. The van der Waals surface area contributed by atoms with Crippen molar-refractivity contribution >= 4 is 36.3 Å². The third-order valence-corrected chi connectivity index (χ3v) is 13.8. The summed E-state index contributed by atoms with van der Waals surface area (Å²) < 4.78 is 27.9. The monoisotopic (exact) mass is 441 g/mol. The van der Waals surface area contributed by atoms with Gasteiger partial charge < -0.3 is 0 Å². The standard InChI is InChI=1S/C15H23NO2SSe2/c1-3-4-5-6-15-14(11-20-21-15)16-19(17,18)13-9-7-12(2)8-10-13/h7-10,14-16H,3-6,11H2,1-2H3/t14-,15+/m0/s1. The number of unbranched alkanes of at least 4 members (excludes halogenated alkanes) is 2. The van der Waals surface area contributed by atoms with Gasteiger partial charge in [0, 0.05) is 0 Å². The molecule has 1 N–H and O–H groups in total. The molecule has 0 unspecified atom stereocenters. The van der Waals surface area contributed by atoms with Crippen molar-refractivity contribution < 1.29 is 8.42 Å². The molecule has 1 aromatic carbocycles. The summed E-state index contributed by atoms with van der Waals surface area (Å²) >= 11 is 1.31. The minimum absolute atomic E-state index is 0.174. The Bertz CT molecular complexity index is 545. The molecule has 1 saturated heterocycles. The molecule has 0 aromatic heterocycles. The number of hydrogen-bond acceptors (Lipinski definition) is 2. The summed E-state index contributed by atoms with van der Waals surface area (Å²) in [6.45, 7) is 4.18. The van der Waals surface area contributed by atoms with Gasteiger partial charge in [0.05, 0.1) is 0 Å². The van der Waals surface area contributed by atoms with Gasteiger partial charge in [-0.25, -0.2) is 0 Å². The van der Waals surface area contributed by atoms with Crippen molar-refractivity contribution in [3.05, 3.63) is 29.8 Å². The molecule has 6 heteroatoms. The topological polar surface area (TPSA) is 46.2 Å². The van der Waals surface area contributed by atoms with Crippen LogP contribution in [0.15, 0.2) is 29.2 Å². The van der Waals surface area contributed by atoms with Crippen LogP contribution in [0.3, 0.4) is 0 Å². The number of hydrogen-bond donors (Lipinski definition) is 1. The van der Waals surface area contributed by atoms with E-state index in [9.17, 15) is 8.42 Å². The first-order chi connectivity index (χ1) is 10.0. The van der Waals surface area contributed by atoms with Crippen LogP contribution in [0, 0.1) is 6.92 Å². The van der Waals surface area contributed by atoms with E-state index >= 15 is 0 Å². The Balaban J connectivity index is 2.00. The van der Waals surface area contributed by atoms with Crippen molar-refractivity contribution in [2.45, 2.75) is 60.6 Å². The van der Waals surface area contributed by atoms with E-state index in [1.807, 2.05) is 19.1 Å². The summed E-state index contributed by atoms with van der Waals surface area (Å²) in [5.41, 5.74) is 1.08. The maximum absolute atomic E-state index is 12.5. The Kier molecular flexibility index (Phi) is 6.79. The average Bonchev–Trinajstić information content (AvgIpc) is 2.86. The Morgan fingerprint density at radius 3 is 2.62 bits per heavy atom. The molecule has 0 bridgehead atoms. The predicted molar refractivity (Wildman–Crippen MR) is 89.5 cm³/mol. The first kappa shape index (κ1) is 17.5. The summed E-state index contributed by atoms with van der Waals surface area (Å²) in [6.07, 6.45) is 4.92. The Morgan fingerprint density at radius 1 is 1.24 bits per heavy atom. The summed E-state index contributed by atoms with van der Waals surface area (Å²) in [5.74, 6) is 0. The summed E-state index contributed by atoms with van der Waals surface area (Å²) in [7, 11) is -3.35. The third-order valence-electron chi connectivity index (χ3n) is 3.62. The summed E-state index contributed by atoms with van der Waals surface area (Å²) in [6, 6.07) is 7.29. The quantitative estimate of drug-likeness (QED) is 0.525. The molecule has 1 aliphatic heterocycles. The van der Waals surface area contributed by atoms with Crippen LogP contribution in [0.25, 0.3) is 0 Å². The average molecular weight is 439 g/mol. The van der Waals surface area contributed by atoms with Gasteiger partial charge in [-0.15, -0.1) is 0 Å². The van der Waals surface area contributed by atoms with Crippen molar-refractivity contribution in [2.75, 3.05) is 0 Å². The fourth-order valence-corrected chi connectivity index (χ4v) is 14.2. The first-order valence-electron chi connectivity index (χ1n) is 7.40. The van der Waals surface area contributed by atoms with Crippen LogP contribution in [0.1, 0.15) is 38.2 Å². The summed E-state index contributed by atoms with van der Waals surface area (Å²) in [4.78, 5) is 0.997. The van der Waals surface area contributed by atoms with Crippen LogP contribution in [0.5, 0.6) is 0 Å². The molecule has 0 amide bonds. The molecule has 1 aliphatic rings. The Hall–Kier alpha value is 0.169. The van der Waals surface area contributed by atoms with Crippen molar-refractivity contribution in [3.8, 4) is 0 Å². The zero-order valence-electron chi connectivity index (χ0n) is 12.5. The van der Waals surface area contributed by atoms with Crippen LogP contribution in [0.2, 0.25) is 10.1 Å². The molecule has 1 fully saturated rings. The second-order valence-corrected chi connectivity index (χ2v) is 14.7. The number of aryl methyl sites for hydroxylation is 1. The molecule has 0 radical (unpaired) electrons. The van der Waals surface area contributed by atoms with E-state index in [0.717, 1.165) is 10.9 Å². The van der Waals surface area contributed by atoms with Crippen LogP contribution in [0.4, 0.5) is 0 Å². The Morgan fingerprint density at radius 2 is 1.95 bits per heavy atom. The van der Waals surface area contributed by atoms with Crippen molar-refractivity contribution in [1.82, 2.24) is 4.72 Å². The molecule has 3 nitrogen and oxygen atoms in total.